The van der Waals surface area contributed by atoms with Gasteiger partial charge in [0.15, 0.2) is 5.69 Å². The topological polar surface area (TPSA) is 97.1 Å². The molecule has 7 nitrogen and oxygen atoms in total. The average Bonchev–Trinajstić information content (AvgIpc) is 2.71. The van der Waals surface area contributed by atoms with E-state index in [2.05, 4.69) is 29.5 Å². The molecular weight excluding hydrogens is 272 g/mol. The predicted octanol–water partition coefficient (Wildman–Crippen LogP) is 1.44. The highest BCUT2D eigenvalue weighted by molar-refractivity contribution is 5.87. The van der Waals surface area contributed by atoms with Crippen LogP contribution in [-0.2, 0) is 16.8 Å². The van der Waals surface area contributed by atoms with Crippen molar-refractivity contribution in [3.63, 3.8) is 0 Å². The smallest absolute Gasteiger partial charge is 0.358 e. The number of rotatable bonds is 6. The lowest BCUT2D eigenvalue weighted by Gasteiger charge is -2.20. The summed E-state index contributed by atoms with van der Waals surface area (Å²) in [6.45, 7) is 10.3. The largest absolute Gasteiger partial charge is 0.476 e. The number of aromatic carboxylic acids is 1. The third-order valence-corrected chi connectivity index (χ3v) is 2.99. The fourth-order valence-corrected chi connectivity index (χ4v) is 2.00. The van der Waals surface area contributed by atoms with Crippen molar-refractivity contribution in [3.8, 4) is 0 Å². The quantitative estimate of drug-likeness (QED) is 0.827. The Hall–Kier alpha value is -1.92. The summed E-state index contributed by atoms with van der Waals surface area (Å²) in [5.74, 6) is -0.810. The van der Waals surface area contributed by atoms with E-state index in [1.54, 1.807) is 0 Å². The lowest BCUT2D eigenvalue weighted by molar-refractivity contribution is -0.121. The molecule has 0 fully saturated rings. The first kappa shape index (κ1) is 17.1. The van der Waals surface area contributed by atoms with Crippen LogP contribution in [0.1, 0.15) is 57.2 Å². The molecule has 1 amide bonds. The second-order valence-corrected chi connectivity index (χ2v) is 6.53. The van der Waals surface area contributed by atoms with E-state index in [0.29, 0.717) is 18.2 Å². The molecule has 0 unspecified atom stereocenters. The van der Waals surface area contributed by atoms with Gasteiger partial charge in [-0.2, -0.15) is 0 Å². The molecular formula is C14H24N4O3. The summed E-state index contributed by atoms with van der Waals surface area (Å²) < 4.78 is 1.37. The number of amides is 1. The van der Waals surface area contributed by atoms with E-state index < -0.39 is 11.4 Å². The van der Waals surface area contributed by atoms with Crippen LogP contribution in [-0.4, -0.2) is 38.5 Å². The van der Waals surface area contributed by atoms with E-state index in [1.165, 1.54) is 4.68 Å². The summed E-state index contributed by atoms with van der Waals surface area (Å²) in [5.41, 5.74) is -0.110. The van der Waals surface area contributed by atoms with Crippen LogP contribution in [0.2, 0.25) is 0 Å². The summed E-state index contributed by atoms with van der Waals surface area (Å²) >= 11 is 0. The third kappa shape index (κ3) is 4.84. The second-order valence-electron chi connectivity index (χ2n) is 6.53. The van der Waals surface area contributed by atoms with Crippen LogP contribution in [0.3, 0.4) is 0 Å². The summed E-state index contributed by atoms with van der Waals surface area (Å²) in [4.78, 5) is 23.1. The van der Waals surface area contributed by atoms with Crippen LogP contribution in [0.4, 0.5) is 0 Å². The van der Waals surface area contributed by atoms with E-state index in [4.69, 9.17) is 5.11 Å². The number of carbonyl (C=O) groups is 2. The number of carboxylic acid groups (broad SMARTS) is 1. The Balaban J connectivity index is 2.84. The summed E-state index contributed by atoms with van der Waals surface area (Å²) in [5, 5.41) is 19.5. The maximum absolute atomic E-state index is 11.9. The van der Waals surface area contributed by atoms with Crippen molar-refractivity contribution in [1.29, 1.82) is 0 Å². The van der Waals surface area contributed by atoms with Crippen molar-refractivity contribution < 1.29 is 14.7 Å². The number of carboxylic acids is 1. The fourth-order valence-electron chi connectivity index (χ4n) is 2.00. The summed E-state index contributed by atoms with van der Waals surface area (Å²) in [7, 11) is 0. The Morgan fingerprint density at radius 3 is 2.43 bits per heavy atom. The monoisotopic (exact) mass is 296 g/mol. The van der Waals surface area contributed by atoms with E-state index in [1.807, 2.05) is 20.8 Å². The molecule has 0 aliphatic carbocycles. The minimum Gasteiger partial charge on any atom is -0.476 e. The van der Waals surface area contributed by atoms with Crippen LogP contribution in [0, 0.1) is 5.92 Å². The number of hydrogen-bond donors (Lipinski definition) is 2. The zero-order chi connectivity index (χ0) is 16.2. The minimum absolute atomic E-state index is 0.0228. The lowest BCUT2D eigenvalue weighted by Crippen LogP contribution is -2.32. The Morgan fingerprint density at radius 2 is 1.95 bits per heavy atom. The van der Waals surface area contributed by atoms with Crippen molar-refractivity contribution in [1.82, 2.24) is 20.3 Å². The third-order valence-electron chi connectivity index (χ3n) is 2.99. The molecule has 1 heterocycles. The molecule has 21 heavy (non-hydrogen) atoms. The number of nitrogens with zero attached hydrogens (tertiary/aromatic N) is 3. The van der Waals surface area contributed by atoms with Gasteiger partial charge >= 0.3 is 5.97 Å². The van der Waals surface area contributed by atoms with Crippen molar-refractivity contribution >= 4 is 11.9 Å². The van der Waals surface area contributed by atoms with Crippen LogP contribution in [0.5, 0.6) is 0 Å². The van der Waals surface area contributed by atoms with Gasteiger partial charge in [0.05, 0.1) is 5.69 Å². The second kappa shape index (κ2) is 6.69. The molecule has 0 spiro atoms. The first-order chi connectivity index (χ1) is 9.62. The van der Waals surface area contributed by atoms with E-state index in [9.17, 15) is 9.59 Å². The SMILES string of the molecule is CC(C)CCNC(=O)Cn1nnc(C(=O)O)c1C(C)(C)C. The van der Waals surface area contributed by atoms with E-state index >= 15 is 0 Å². The fraction of sp³-hybridized carbons (Fsp3) is 0.714. The predicted molar refractivity (Wildman–Crippen MR) is 78.1 cm³/mol. The van der Waals surface area contributed by atoms with Crippen LogP contribution in [0.15, 0.2) is 0 Å². The molecule has 0 saturated heterocycles. The maximum atomic E-state index is 11.9. The standard InChI is InChI=1S/C14H24N4O3/c1-9(2)6-7-15-10(19)8-18-12(14(3,4)5)11(13(20)21)16-17-18/h9H,6-8H2,1-5H3,(H,15,19)(H,20,21). The van der Waals surface area contributed by atoms with Gasteiger partial charge in [-0.05, 0) is 12.3 Å². The normalized spacial score (nSPS) is 11.7. The van der Waals surface area contributed by atoms with Crippen LogP contribution in [0.25, 0.3) is 0 Å². The summed E-state index contributed by atoms with van der Waals surface area (Å²) in [6, 6.07) is 0. The first-order valence-electron chi connectivity index (χ1n) is 7.07. The number of aromatic nitrogens is 3. The zero-order valence-corrected chi connectivity index (χ0v) is 13.3. The average molecular weight is 296 g/mol. The molecule has 0 aliphatic rings. The maximum Gasteiger partial charge on any atom is 0.358 e. The van der Waals surface area contributed by atoms with Gasteiger partial charge in [-0.25, -0.2) is 9.48 Å². The van der Waals surface area contributed by atoms with Gasteiger partial charge in [0.25, 0.3) is 0 Å². The van der Waals surface area contributed by atoms with Gasteiger partial charge in [0, 0.05) is 12.0 Å². The number of nitrogens with one attached hydrogen (secondary N) is 1. The Bertz CT molecular complexity index is 515. The molecule has 0 saturated carbocycles. The van der Waals surface area contributed by atoms with Crippen LogP contribution < -0.4 is 5.32 Å². The Morgan fingerprint density at radius 1 is 1.33 bits per heavy atom. The van der Waals surface area contributed by atoms with Gasteiger partial charge in [-0.3, -0.25) is 4.79 Å². The van der Waals surface area contributed by atoms with Crippen molar-refractivity contribution in [2.45, 2.75) is 53.0 Å². The highest BCUT2D eigenvalue weighted by atomic mass is 16.4. The molecule has 7 heteroatoms. The Labute approximate surface area is 124 Å². The van der Waals surface area contributed by atoms with Crippen molar-refractivity contribution in [2.75, 3.05) is 6.54 Å². The van der Waals surface area contributed by atoms with Gasteiger partial charge in [-0.1, -0.05) is 39.8 Å². The molecule has 0 bridgehead atoms. The van der Waals surface area contributed by atoms with Crippen molar-refractivity contribution in [3.05, 3.63) is 11.4 Å². The molecule has 1 rings (SSSR count). The molecule has 1 aromatic heterocycles. The molecule has 0 aromatic carbocycles. The van der Waals surface area contributed by atoms with Crippen molar-refractivity contribution in [2.24, 2.45) is 5.92 Å². The molecule has 118 valence electrons. The molecule has 2 N–H and O–H groups in total. The Kier molecular flexibility index (Phi) is 5.46. The highest BCUT2D eigenvalue weighted by Gasteiger charge is 2.29. The lowest BCUT2D eigenvalue weighted by atomic mass is 9.90. The van der Waals surface area contributed by atoms with Gasteiger partial charge in [-0.15, -0.1) is 5.10 Å². The van der Waals surface area contributed by atoms with Crippen LogP contribution >= 0.6 is 0 Å². The first-order valence-corrected chi connectivity index (χ1v) is 7.07. The van der Waals surface area contributed by atoms with E-state index in [-0.39, 0.29) is 18.1 Å². The zero-order valence-electron chi connectivity index (χ0n) is 13.3. The molecule has 0 atom stereocenters. The molecule has 0 radical (unpaired) electrons. The highest BCUT2D eigenvalue weighted by Crippen LogP contribution is 2.24. The summed E-state index contributed by atoms with van der Waals surface area (Å²) in [6.07, 6.45) is 0.898. The van der Waals surface area contributed by atoms with Gasteiger partial charge in [0.1, 0.15) is 6.54 Å². The minimum atomic E-state index is -1.13. The van der Waals surface area contributed by atoms with Gasteiger partial charge < -0.3 is 10.4 Å². The molecule has 1 aromatic rings. The number of hydrogen-bond acceptors (Lipinski definition) is 4. The van der Waals surface area contributed by atoms with Gasteiger partial charge in [0.2, 0.25) is 5.91 Å². The molecule has 0 aliphatic heterocycles. The van der Waals surface area contributed by atoms with E-state index in [0.717, 1.165) is 6.42 Å². The number of carbonyl (C=O) groups excluding carboxylic acids is 1.